The molecule has 1 aromatic carbocycles. The first kappa shape index (κ1) is 16.7. The predicted molar refractivity (Wildman–Crippen MR) is 84.1 cm³/mol. The van der Waals surface area contributed by atoms with Crippen LogP contribution in [0, 0.1) is 16.7 Å². The van der Waals surface area contributed by atoms with Crippen LogP contribution < -0.4 is 5.73 Å². The van der Waals surface area contributed by atoms with Crippen LogP contribution in [0.3, 0.4) is 0 Å². The maximum absolute atomic E-state index is 9.17. The summed E-state index contributed by atoms with van der Waals surface area (Å²) in [6.45, 7) is 9.11. The van der Waals surface area contributed by atoms with E-state index in [4.69, 9.17) is 11.0 Å². The van der Waals surface area contributed by atoms with Gasteiger partial charge in [-0.15, -0.1) is 0 Å². The monoisotopic (exact) mass is 273 g/mol. The fourth-order valence-electron chi connectivity index (χ4n) is 2.47. The summed E-state index contributed by atoms with van der Waals surface area (Å²) in [4.78, 5) is 2.41. The Morgan fingerprint density at radius 1 is 1.30 bits per heavy atom. The first-order chi connectivity index (χ1) is 9.54. The molecule has 0 heterocycles. The zero-order valence-electron chi connectivity index (χ0n) is 13.0. The molecule has 2 N–H and O–H groups in total. The summed E-state index contributed by atoms with van der Waals surface area (Å²) in [5.74, 6) is 0. The summed E-state index contributed by atoms with van der Waals surface area (Å²) in [6, 6.07) is 12.8. The summed E-state index contributed by atoms with van der Waals surface area (Å²) < 4.78 is 0. The maximum atomic E-state index is 9.17. The fraction of sp³-hybridized carbons (Fsp3) is 0.588. The maximum Gasteiger partial charge on any atom is 0.0641 e. The van der Waals surface area contributed by atoms with Crippen molar-refractivity contribution < 1.29 is 0 Å². The standard InChI is InChI=1S/C17H27N3/c1-4-12-20(14-17(2,3)13-19)16(10-11-18)15-8-6-5-7-9-15/h5-9,16H,4,10,12-14,19H2,1-3H3. The third kappa shape index (κ3) is 4.96. The Hall–Kier alpha value is -1.37. The summed E-state index contributed by atoms with van der Waals surface area (Å²) in [7, 11) is 0. The molecule has 0 fully saturated rings. The molecule has 1 unspecified atom stereocenters. The van der Waals surface area contributed by atoms with Crippen LogP contribution >= 0.6 is 0 Å². The summed E-state index contributed by atoms with van der Waals surface area (Å²) in [5, 5.41) is 9.17. The van der Waals surface area contributed by atoms with Crippen LogP contribution in [0.15, 0.2) is 30.3 Å². The van der Waals surface area contributed by atoms with E-state index >= 15 is 0 Å². The quantitative estimate of drug-likeness (QED) is 0.790. The third-order valence-electron chi connectivity index (χ3n) is 3.60. The Morgan fingerprint density at radius 2 is 1.95 bits per heavy atom. The van der Waals surface area contributed by atoms with Gasteiger partial charge in [-0.05, 0) is 30.5 Å². The number of hydrogen-bond donors (Lipinski definition) is 1. The van der Waals surface area contributed by atoms with Crippen LogP contribution in [0.5, 0.6) is 0 Å². The zero-order valence-corrected chi connectivity index (χ0v) is 13.0. The van der Waals surface area contributed by atoms with Crippen molar-refractivity contribution in [2.45, 2.75) is 39.7 Å². The van der Waals surface area contributed by atoms with Gasteiger partial charge < -0.3 is 5.73 Å². The predicted octanol–water partition coefficient (Wildman–Crippen LogP) is 3.34. The average molecular weight is 273 g/mol. The molecular formula is C17H27N3. The minimum atomic E-state index is 0.0671. The molecule has 0 aliphatic carbocycles. The molecule has 0 aromatic heterocycles. The zero-order chi connectivity index (χ0) is 15.0. The number of rotatable bonds is 8. The Balaban J connectivity index is 2.97. The van der Waals surface area contributed by atoms with Gasteiger partial charge in [0.25, 0.3) is 0 Å². The third-order valence-corrected chi connectivity index (χ3v) is 3.60. The van der Waals surface area contributed by atoms with Gasteiger partial charge in [0.15, 0.2) is 0 Å². The molecule has 1 aromatic rings. The lowest BCUT2D eigenvalue weighted by atomic mass is 9.91. The van der Waals surface area contributed by atoms with Crippen molar-refractivity contribution in [2.24, 2.45) is 11.1 Å². The van der Waals surface area contributed by atoms with Gasteiger partial charge in [-0.1, -0.05) is 51.1 Å². The highest BCUT2D eigenvalue weighted by molar-refractivity contribution is 5.20. The topological polar surface area (TPSA) is 53.0 Å². The number of hydrogen-bond acceptors (Lipinski definition) is 3. The van der Waals surface area contributed by atoms with Crippen molar-refractivity contribution in [1.82, 2.24) is 4.90 Å². The van der Waals surface area contributed by atoms with Crippen molar-refractivity contribution in [1.29, 1.82) is 5.26 Å². The molecule has 0 spiro atoms. The lowest BCUT2D eigenvalue weighted by Crippen LogP contribution is -2.41. The van der Waals surface area contributed by atoms with E-state index in [0.717, 1.165) is 19.5 Å². The van der Waals surface area contributed by atoms with Crippen LogP contribution in [0.25, 0.3) is 0 Å². The van der Waals surface area contributed by atoms with E-state index in [-0.39, 0.29) is 11.5 Å². The Labute approximate surface area is 123 Å². The average Bonchev–Trinajstić information content (AvgIpc) is 2.45. The molecule has 0 saturated heterocycles. The van der Waals surface area contributed by atoms with Crippen LogP contribution in [-0.4, -0.2) is 24.5 Å². The molecule has 0 aliphatic rings. The van der Waals surface area contributed by atoms with Crippen molar-refractivity contribution in [3.8, 4) is 6.07 Å². The second-order valence-electron chi connectivity index (χ2n) is 6.13. The molecule has 0 aliphatic heterocycles. The van der Waals surface area contributed by atoms with Crippen molar-refractivity contribution in [3.63, 3.8) is 0 Å². The Bertz CT molecular complexity index is 420. The Kier molecular flexibility index (Phi) is 6.70. The highest BCUT2D eigenvalue weighted by Crippen LogP contribution is 2.28. The largest absolute Gasteiger partial charge is 0.330 e. The Morgan fingerprint density at radius 3 is 2.45 bits per heavy atom. The normalized spacial score (nSPS) is 13.2. The van der Waals surface area contributed by atoms with Gasteiger partial charge in [0.05, 0.1) is 12.5 Å². The van der Waals surface area contributed by atoms with Crippen molar-refractivity contribution in [3.05, 3.63) is 35.9 Å². The minimum absolute atomic E-state index is 0.0671. The van der Waals surface area contributed by atoms with Crippen LogP contribution in [0.1, 0.15) is 45.2 Å². The molecule has 0 bridgehead atoms. The van der Waals surface area contributed by atoms with E-state index in [1.807, 2.05) is 18.2 Å². The fourth-order valence-corrected chi connectivity index (χ4v) is 2.47. The summed E-state index contributed by atoms with van der Waals surface area (Å²) in [6.07, 6.45) is 1.60. The molecule has 0 saturated carbocycles. The first-order valence-corrected chi connectivity index (χ1v) is 7.40. The van der Waals surface area contributed by atoms with E-state index in [1.54, 1.807) is 0 Å². The van der Waals surface area contributed by atoms with E-state index < -0.39 is 0 Å². The molecule has 1 atom stereocenters. The summed E-state index contributed by atoms with van der Waals surface area (Å²) in [5.41, 5.74) is 7.16. The number of nitrogens with zero attached hydrogens (tertiary/aromatic N) is 2. The van der Waals surface area contributed by atoms with Gasteiger partial charge in [-0.25, -0.2) is 0 Å². The molecular weight excluding hydrogens is 246 g/mol. The summed E-state index contributed by atoms with van der Waals surface area (Å²) >= 11 is 0. The second-order valence-corrected chi connectivity index (χ2v) is 6.13. The van der Waals surface area contributed by atoms with E-state index in [9.17, 15) is 0 Å². The van der Waals surface area contributed by atoms with Gasteiger partial charge in [-0.2, -0.15) is 5.26 Å². The van der Waals surface area contributed by atoms with Crippen molar-refractivity contribution >= 4 is 0 Å². The van der Waals surface area contributed by atoms with Crippen LogP contribution in [-0.2, 0) is 0 Å². The van der Waals surface area contributed by atoms with Gasteiger partial charge in [0.1, 0.15) is 0 Å². The van der Waals surface area contributed by atoms with Crippen molar-refractivity contribution in [2.75, 3.05) is 19.6 Å². The van der Waals surface area contributed by atoms with Gasteiger partial charge in [-0.3, -0.25) is 4.90 Å². The van der Waals surface area contributed by atoms with Gasteiger partial charge >= 0.3 is 0 Å². The molecule has 20 heavy (non-hydrogen) atoms. The lowest BCUT2D eigenvalue weighted by molar-refractivity contribution is 0.133. The molecule has 0 amide bonds. The van der Waals surface area contributed by atoms with E-state index in [2.05, 4.69) is 43.9 Å². The number of benzene rings is 1. The van der Waals surface area contributed by atoms with Gasteiger partial charge in [0.2, 0.25) is 0 Å². The number of nitriles is 1. The van der Waals surface area contributed by atoms with Gasteiger partial charge in [0, 0.05) is 12.6 Å². The highest BCUT2D eigenvalue weighted by atomic mass is 15.2. The first-order valence-electron chi connectivity index (χ1n) is 7.40. The molecule has 3 nitrogen and oxygen atoms in total. The van der Waals surface area contributed by atoms with Crippen LogP contribution in [0.2, 0.25) is 0 Å². The highest BCUT2D eigenvalue weighted by Gasteiger charge is 2.26. The van der Waals surface area contributed by atoms with Crippen LogP contribution in [0.4, 0.5) is 0 Å². The molecule has 0 radical (unpaired) electrons. The molecule has 110 valence electrons. The molecule has 3 heteroatoms. The smallest absolute Gasteiger partial charge is 0.0641 e. The minimum Gasteiger partial charge on any atom is -0.330 e. The van der Waals surface area contributed by atoms with E-state index in [0.29, 0.717) is 13.0 Å². The molecule has 1 rings (SSSR count). The second kappa shape index (κ2) is 8.04. The van der Waals surface area contributed by atoms with E-state index in [1.165, 1.54) is 5.56 Å². The number of nitrogens with two attached hydrogens (primary N) is 1. The SMILES string of the molecule is CCCN(CC(C)(C)CN)C(CC#N)c1ccccc1. The lowest BCUT2D eigenvalue weighted by Gasteiger charge is -2.36.